The van der Waals surface area contributed by atoms with Crippen molar-refractivity contribution in [2.45, 2.75) is 45.1 Å². The van der Waals surface area contributed by atoms with Crippen LogP contribution in [-0.2, 0) is 24.6 Å². The van der Waals surface area contributed by atoms with Crippen LogP contribution in [0.2, 0.25) is 0 Å². The number of oxime groups is 2. The maximum absolute atomic E-state index is 12.3. The fraction of sp³-hybridized carbons (Fsp3) is 0.478. The third kappa shape index (κ3) is 6.57. The Morgan fingerprint density at radius 1 is 1.26 bits per heavy atom. The fourth-order valence-corrected chi connectivity index (χ4v) is 5.45. The lowest BCUT2D eigenvalue weighted by molar-refractivity contribution is -0.137. The predicted molar refractivity (Wildman–Crippen MR) is 132 cm³/mol. The van der Waals surface area contributed by atoms with Crippen LogP contribution in [0.5, 0.6) is 5.75 Å². The first-order chi connectivity index (χ1) is 16.7. The highest BCUT2D eigenvalue weighted by molar-refractivity contribution is 7.86. The minimum absolute atomic E-state index is 0.0450. The Kier molecular flexibility index (Phi) is 7.70. The van der Waals surface area contributed by atoms with E-state index in [9.17, 15) is 13.2 Å². The zero-order chi connectivity index (χ0) is 25.0. The van der Waals surface area contributed by atoms with Gasteiger partial charge in [-0.2, -0.15) is 8.42 Å². The third-order valence-electron chi connectivity index (χ3n) is 5.63. The van der Waals surface area contributed by atoms with Crippen LogP contribution in [0.25, 0.3) is 0 Å². The van der Waals surface area contributed by atoms with Crippen molar-refractivity contribution in [2.75, 3.05) is 26.0 Å². The average molecular weight is 521 g/mol. The van der Waals surface area contributed by atoms with Crippen LogP contribution in [0.4, 0.5) is 0 Å². The van der Waals surface area contributed by atoms with Gasteiger partial charge in [0.15, 0.2) is 12.7 Å². The molecule has 0 spiro atoms. The molecule has 1 amide bonds. The molecule has 0 bridgehead atoms. The molecule has 1 fully saturated rings. The molecule has 2 aliphatic heterocycles. The highest BCUT2D eigenvalue weighted by Crippen LogP contribution is 2.37. The van der Waals surface area contributed by atoms with Gasteiger partial charge in [-0.25, -0.2) is 4.98 Å². The van der Waals surface area contributed by atoms with Gasteiger partial charge in [-0.15, -0.1) is 11.3 Å². The fourth-order valence-electron chi connectivity index (χ4n) is 3.97. The van der Waals surface area contributed by atoms with Crippen LogP contribution in [0.3, 0.4) is 0 Å². The number of hydrogen-bond donors (Lipinski definition) is 0. The molecule has 1 atom stereocenters. The Balaban J connectivity index is 1.34. The molecule has 3 heterocycles. The van der Waals surface area contributed by atoms with Crippen LogP contribution in [-0.4, -0.2) is 61.6 Å². The molecule has 0 radical (unpaired) electrons. The molecule has 0 saturated carbocycles. The van der Waals surface area contributed by atoms with Crippen molar-refractivity contribution in [3.05, 3.63) is 45.9 Å². The summed E-state index contributed by atoms with van der Waals surface area (Å²) in [5, 5.41) is 11.0. The summed E-state index contributed by atoms with van der Waals surface area (Å²) in [5.41, 5.74) is 2.86. The smallest absolute Gasteiger partial charge is 0.306 e. The minimum Gasteiger partial charge on any atom is -0.387 e. The summed E-state index contributed by atoms with van der Waals surface area (Å²) >= 11 is 1.58. The Morgan fingerprint density at radius 3 is 2.71 bits per heavy atom. The molecule has 188 valence electrons. The minimum atomic E-state index is -3.66. The Hall–Kier alpha value is -2.99. The van der Waals surface area contributed by atoms with Crippen LogP contribution >= 0.6 is 11.3 Å². The molecule has 4 rings (SSSR count). The number of aromatic nitrogens is 1. The van der Waals surface area contributed by atoms with Gasteiger partial charge < -0.3 is 18.8 Å². The molecule has 2 aliphatic rings. The SMILES string of the molecule is CC(C)=NOCC(=O)N1CCC(c2nc(C3=NOC(c4ccccc4OS(C)(=O)=O)C3)cs2)CC1. The van der Waals surface area contributed by atoms with Gasteiger partial charge >= 0.3 is 10.1 Å². The molecule has 2 aromatic rings. The van der Waals surface area contributed by atoms with Crippen LogP contribution < -0.4 is 4.18 Å². The first-order valence-electron chi connectivity index (χ1n) is 11.3. The standard InChI is InChI=1S/C23H28N4O6S2/c1-15(2)25-31-13-22(28)27-10-8-16(9-11-27)23-24-19(14-34-23)18-12-21(32-26-18)17-6-4-5-7-20(17)33-35(3,29)30/h4-7,14,16,21H,8-13H2,1-3H3. The Labute approximate surface area is 208 Å². The summed E-state index contributed by atoms with van der Waals surface area (Å²) in [6.07, 6.45) is 2.67. The first-order valence-corrected chi connectivity index (χ1v) is 14.0. The number of amides is 1. The van der Waals surface area contributed by atoms with Gasteiger partial charge in [-0.3, -0.25) is 4.79 Å². The molecule has 0 aliphatic carbocycles. The number of nitrogens with zero attached hydrogens (tertiary/aromatic N) is 4. The molecule has 1 aromatic heterocycles. The highest BCUT2D eigenvalue weighted by Gasteiger charge is 2.30. The molecule has 12 heteroatoms. The van der Waals surface area contributed by atoms with Gasteiger partial charge in [-0.05, 0) is 32.8 Å². The largest absolute Gasteiger partial charge is 0.387 e. The van der Waals surface area contributed by atoms with Crippen molar-refractivity contribution in [3.63, 3.8) is 0 Å². The maximum Gasteiger partial charge on any atom is 0.306 e. The molecule has 35 heavy (non-hydrogen) atoms. The van der Waals surface area contributed by atoms with Gasteiger partial charge in [0, 0.05) is 36.4 Å². The van der Waals surface area contributed by atoms with E-state index >= 15 is 0 Å². The van der Waals surface area contributed by atoms with Crippen LogP contribution in [0.1, 0.15) is 61.4 Å². The Morgan fingerprint density at radius 2 is 2.00 bits per heavy atom. The number of thiazole rings is 1. The number of carbonyl (C=O) groups excluding carboxylic acids is 1. The Bertz CT molecular complexity index is 1230. The van der Waals surface area contributed by atoms with E-state index in [4.69, 9.17) is 18.8 Å². The van der Waals surface area contributed by atoms with Crippen molar-refractivity contribution in [3.8, 4) is 5.75 Å². The zero-order valence-electron chi connectivity index (χ0n) is 19.8. The van der Waals surface area contributed by atoms with E-state index in [0.717, 1.165) is 35.5 Å². The van der Waals surface area contributed by atoms with E-state index in [1.807, 2.05) is 19.2 Å². The van der Waals surface area contributed by atoms with E-state index in [0.29, 0.717) is 30.8 Å². The second kappa shape index (κ2) is 10.7. The summed E-state index contributed by atoms with van der Waals surface area (Å²) < 4.78 is 28.3. The lowest BCUT2D eigenvalue weighted by Gasteiger charge is -2.30. The van der Waals surface area contributed by atoms with Crippen molar-refractivity contribution in [1.29, 1.82) is 0 Å². The summed E-state index contributed by atoms with van der Waals surface area (Å²) in [7, 11) is -3.66. The molecular weight excluding hydrogens is 492 g/mol. The number of likely N-dealkylation sites (tertiary alicyclic amines) is 1. The molecule has 1 aromatic carbocycles. The molecule has 1 unspecified atom stereocenters. The van der Waals surface area contributed by atoms with Gasteiger partial charge in [0.1, 0.15) is 11.5 Å². The quantitative estimate of drug-likeness (QED) is 0.297. The summed E-state index contributed by atoms with van der Waals surface area (Å²) in [5.74, 6) is 0.452. The van der Waals surface area contributed by atoms with Gasteiger partial charge in [0.2, 0.25) is 0 Å². The number of hydrogen-bond acceptors (Lipinski definition) is 10. The molecule has 10 nitrogen and oxygen atoms in total. The molecular formula is C23H28N4O6S2. The van der Waals surface area contributed by atoms with Crippen molar-refractivity contribution >= 4 is 38.8 Å². The van der Waals surface area contributed by atoms with Crippen molar-refractivity contribution in [2.24, 2.45) is 10.3 Å². The summed E-state index contributed by atoms with van der Waals surface area (Å²) in [4.78, 5) is 29.6. The first kappa shape index (κ1) is 25.1. The lowest BCUT2D eigenvalue weighted by atomic mass is 9.97. The number of para-hydroxylation sites is 1. The van der Waals surface area contributed by atoms with E-state index < -0.39 is 16.2 Å². The van der Waals surface area contributed by atoms with E-state index in [1.165, 1.54) is 0 Å². The highest BCUT2D eigenvalue weighted by atomic mass is 32.2. The van der Waals surface area contributed by atoms with E-state index in [2.05, 4.69) is 10.3 Å². The van der Waals surface area contributed by atoms with Gasteiger partial charge in [-0.1, -0.05) is 28.5 Å². The maximum atomic E-state index is 12.3. The van der Waals surface area contributed by atoms with Crippen LogP contribution in [0, 0.1) is 0 Å². The van der Waals surface area contributed by atoms with Gasteiger partial charge in [0.05, 0.1) is 22.7 Å². The zero-order valence-corrected chi connectivity index (χ0v) is 21.5. The third-order valence-corrected chi connectivity index (χ3v) is 7.12. The monoisotopic (exact) mass is 520 g/mol. The molecule has 1 saturated heterocycles. The topological polar surface area (TPSA) is 120 Å². The van der Waals surface area contributed by atoms with Crippen molar-refractivity contribution < 1.29 is 27.1 Å². The summed E-state index contributed by atoms with van der Waals surface area (Å²) in [6.45, 7) is 4.89. The van der Waals surface area contributed by atoms with Crippen molar-refractivity contribution in [1.82, 2.24) is 9.88 Å². The summed E-state index contributed by atoms with van der Waals surface area (Å²) in [6, 6.07) is 6.87. The number of rotatable bonds is 8. The van der Waals surface area contributed by atoms with E-state index in [1.54, 1.807) is 40.5 Å². The second-order valence-electron chi connectivity index (χ2n) is 8.70. The number of benzene rings is 1. The van der Waals surface area contributed by atoms with E-state index in [-0.39, 0.29) is 24.2 Å². The normalized spacial score (nSPS) is 18.5. The predicted octanol–water partition coefficient (Wildman–Crippen LogP) is 3.47. The van der Waals surface area contributed by atoms with Gasteiger partial charge in [0.25, 0.3) is 5.91 Å². The number of piperidine rings is 1. The number of carbonyl (C=O) groups is 1. The molecule has 0 N–H and O–H groups in total. The van der Waals surface area contributed by atoms with Crippen LogP contribution in [0.15, 0.2) is 40.0 Å². The average Bonchev–Trinajstić information content (AvgIpc) is 3.48. The lowest BCUT2D eigenvalue weighted by Crippen LogP contribution is -2.39. The second-order valence-corrected chi connectivity index (χ2v) is 11.2.